The number of aliphatic carboxylic acids is 1. The summed E-state index contributed by atoms with van der Waals surface area (Å²) in [4.78, 5) is 25.8. The molecule has 1 fully saturated rings. The number of rotatable bonds is 4. The van der Waals surface area contributed by atoms with Gasteiger partial charge in [0.2, 0.25) is 0 Å². The normalized spacial score (nSPS) is 16.2. The maximum absolute atomic E-state index is 12.2. The third-order valence-electron chi connectivity index (χ3n) is 4.82. The van der Waals surface area contributed by atoms with E-state index in [1.807, 2.05) is 60.7 Å². The standard InChI is InChI=1S/C20H21NO4/c22-18(23)20(17-9-5-2-6-10-17)11-13-21(14-12-20)19(24)25-15-16-7-3-1-4-8-16/h1-10H,11-15H2,(H,22,23). The molecule has 0 bridgehead atoms. The Morgan fingerprint density at radius 1 is 0.960 bits per heavy atom. The SMILES string of the molecule is O=C(OCc1ccccc1)N1CCC(C(=O)O)(c2ccccc2)CC1. The molecule has 1 aliphatic heterocycles. The van der Waals surface area contributed by atoms with E-state index in [0.717, 1.165) is 11.1 Å². The highest BCUT2D eigenvalue weighted by atomic mass is 16.6. The summed E-state index contributed by atoms with van der Waals surface area (Å²) in [6, 6.07) is 18.7. The molecule has 3 rings (SSSR count). The number of carbonyl (C=O) groups is 2. The number of hydrogen-bond donors (Lipinski definition) is 1. The molecule has 0 unspecified atom stereocenters. The molecule has 25 heavy (non-hydrogen) atoms. The average molecular weight is 339 g/mol. The number of piperidine rings is 1. The minimum Gasteiger partial charge on any atom is -0.481 e. The number of hydrogen-bond acceptors (Lipinski definition) is 3. The smallest absolute Gasteiger partial charge is 0.410 e. The Kier molecular flexibility index (Phi) is 5.03. The Hall–Kier alpha value is -2.82. The second-order valence-electron chi connectivity index (χ2n) is 6.28. The summed E-state index contributed by atoms with van der Waals surface area (Å²) in [7, 11) is 0. The van der Waals surface area contributed by atoms with Gasteiger partial charge in [-0.15, -0.1) is 0 Å². The lowest BCUT2D eigenvalue weighted by atomic mass is 9.73. The molecule has 0 spiro atoms. The van der Waals surface area contributed by atoms with Crippen LogP contribution in [0.15, 0.2) is 60.7 Å². The van der Waals surface area contributed by atoms with Crippen molar-refractivity contribution in [1.82, 2.24) is 4.90 Å². The van der Waals surface area contributed by atoms with Crippen LogP contribution in [-0.4, -0.2) is 35.2 Å². The van der Waals surface area contributed by atoms with E-state index in [2.05, 4.69) is 0 Å². The summed E-state index contributed by atoms with van der Waals surface area (Å²) in [5, 5.41) is 9.78. The van der Waals surface area contributed by atoms with Crippen LogP contribution in [0.1, 0.15) is 24.0 Å². The van der Waals surface area contributed by atoms with Gasteiger partial charge < -0.3 is 14.7 Å². The molecular weight excluding hydrogens is 318 g/mol. The Bertz CT molecular complexity index is 722. The van der Waals surface area contributed by atoms with Crippen molar-refractivity contribution in [3.05, 3.63) is 71.8 Å². The highest BCUT2D eigenvalue weighted by molar-refractivity contribution is 5.82. The number of carboxylic acids is 1. The number of amides is 1. The number of carboxylic acid groups (broad SMARTS) is 1. The minimum atomic E-state index is -0.933. The topological polar surface area (TPSA) is 66.8 Å². The van der Waals surface area contributed by atoms with E-state index in [1.165, 1.54) is 0 Å². The maximum atomic E-state index is 12.2. The summed E-state index contributed by atoms with van der Waals surface area (Å²) in [5.74, 6) is -0.837. The second kappa shape index (κ2) is 7.38. The van der Waals surface area contributed by atoms with Crippen LogP contribution in [0.5, 0.6) is 0 Å². The first-order chi connectivity index (χ1) is 12.1. The number of likely N-dealkylation sites (tertiary alicyclic amines) is 1. The van der Waals surface area contributed by atoms with E-state index >= 15 is 0 Å². The van der Waals surface area contributed by atoms with Gasteiger partial charge in [-0.1, -0.05) is 60.7 Å². The van der Waals surface area contributed by atoms with E-state index in [-0.39, 0.29) is 6.61 Å². The van der Waals surface area contributed by atoms with E-state index < -0.39 is 17.5 Å². The lowest BCUT2D eigenvalue weighted by molar-refractivity contribution is -0.145. The second-order valence-corrected chi connectivity index (χ2v) is 6.28. The van der Waals surface area contributed by atoms with Crippen LogP contribution in [-0.2, 0) is 21.6 Å². The largest absolute Gasteiger partial charge is 0.481 e. The fourth-order valence-electron chi connectivity index (χ4n) is 3.26. The van der Waals surface area contributed by atoms with Crippen molar-refractivity contribution in [1.29, 1.82) is 0 Å². The summed E-state index contributed by atoms with van der Waals surface area (Å²) in [5.41, 5.74) is 0.786. The molecule has 1 heterocycles. The molecule has 0 radical (unpaired) electrons. The zero-order chi connectivity index (χ0) is 17.7. The van der Waals surface area contributed by atoms with Crippen molar-refractivity contribution >= 4 is 12.1 Å². The van der Waals surface area contributed by atoms with Crippen LogP contribution in [0.2, 0.25) is 0 Å². The molecule has 130 valence electrons. The third kappa shape index (κ3) is 3.65. The van der Waals surface area contributed by atoms with Crippen molar-refractivity contribution in [3.8, 4) is 0 Å². The van der Waals surface area contributed by atoms with Gasteiger partial charge in [0.1, 0.15) is 6.61 Å². The van der Waals surface area contributed by atoms with Crippen LogP contribution < -0.4 is 0 Å². The van der Waals surface area contributed by atoms with Crippen LogP contribution >= 0.6 is 0 Å². The molecule has 0 aromatic heterocycles. The molecule has 1 amide bonds. The van der Waals surface area contributed by atoms with Gasteiger partial charge >= 0.3 is 12.1 Å². The van der Waals surface area contributed by atoms with Crippen molar-refractivity contribution in [2.45, 2.75) is 24.9 Å². The van der Waals surface area contributed by atoms with Crippen LogP contribution in [0.25, 0.3) is 0 Å². The number of carbonyl (C=O) groups excluding carboxylic acids is 1. The van der Waals surface area contributed by atoms with Gasteiger partial charge in [0.05, 0.1) is 5.41 Å². The van der Waals surface area contributed by atoms with Crippen molar-refractivity contribution in [2.24, 2.45) is 0 Å². The zero-order valence-corrected chi connectivity index (χ0v) is 13.9. The molecule has 1 saturated heterocycles. The minimum absolute atomic E-state index is 0.221. The van der Waals surface area contributed by atoms with E-state index in [9.17, 15) is 14.7 Å². The summed E-state index contributed by atoms with van der Waals surface area (Å²) in [6.45, 7) is 0.961. The molecule has 5 nitrogen and oxygen atoms in total. The quantitative estimate of drug-likeness (QED) is 0.926. The Labute approximate surface area is 146 Å². The third-order valence-corrected chi connectivity index (χ3v) is 4.82. The van der Waals surface area contributed by atoms with Gasteiger partial charge in [0.15, 0.2) is 0 Å². The molecule has 2 aromatic carbocycles. The van der Waals surface area contributed by atoms with Crippen LogP contribution in [0.4, 0.5) is 4.79 Å². The van der Waals surface area contributed by atoms with Crippen molar-refractivity contribution in [3.63, 3.8) is 0 Å². The summed E-state index contributed by atoms with van der Waals surface area (Å²) >= 11 is 0. The Morgan fingerprint density at radius 3 is 2.08 bits per heavy atom. The zero-order valence-electron chi connectivity index (χ0n) is 13.9. The summed E-state index contributed by atoms with van der Waals surface area (Å²) in [6.07, 6.45) is 0.371. The van der Waals surface area contributed by atoms with Gasteiger partial charge in [0, 0.05) is 13.1 Å². The first-order valence-corrected chi connectivity index (χ1v) is 8.36. The fourth-order valence-corrected chi connectivity index (χ4v) is 3.26. The fraction of sp³-hybridized carbons (Fsp3) is 0.300. The number of benzene rings is 2. The molecule has 0 aliphatic carbocycles. The highest BCUT2D eigenvalue weighted by Gasteiger charge is 2.44. The first kappa shape index (κ1) is 17.0. The lowest BCUT2D eigenvalue weighted by Gasteiger charge is -2.38. The molecule has 2 aromatic rings. The highest BCUT2D eigenvalue weighted by Crippen LogP contribution is 2.36. The lowest BCUT2D eigenvalue weighted by Crippen LogP contribution is -2.49. The molecule has 1 aliphatic rings. The van der Waals surface area contributed by atoms with Crippen LogP contribution in [0, 0.1) is 0 Å². The molecule has 0 saturated carbocycles. The molecular formula is C20H21NO4. The van der Waals surface area contributed by atoms with Crippen molar-refractivity contribution in [2.75, 3.05) is 13.1 Å². The molecule has 0 atom stereocenters. The van der Waals surface area contributed by atoms with Gasteiger partial charge in [-0.3, -0.25) is 4.79 Å². The predicted octanol–water partition coefficient (Wildman–Crippen LogP) is 3.44. The first-order valence-electron chi connectivity index (χ1n) is 8.36. The van der Waals surface area contributed by atoms with E-state index in [1.54, 1.807) is 4.90 Å². The van der Waals surface area contributed by atoms with Gasteiger partial charge in [-0.25, -0.2) is 4.79 Å². The summed E-state index contributed by atoms with van der Waals surface area (Å²) < 4.78 is 5.34. The predicted molar refractivity (Wildman–Crippen MR) is 93.2 cm³/mol. The monoisotopic (exact) mass is 339 g/mol. The molecule has 5 heteroatoms. The van der Waals surface area contributed by atoms with Crippen molar-refractivity contribution < 1.29 is 19.4 Å². The Morgan fingerprint density at radius 2 is 1.52 bits per heavy atom. The maximum Gasteiger partial charge on any atom is 0.410 e. The van der Waals surface area contributed by atoms with Gasteiger partial charge in [-0.2, -0.15) is 0 Å². The Balaban J connectivity index is 1.62. The average Bonchev–Trinajstić information content (AvgIpc) is 2.67. The molecule has 1 N–H and O–H groups in total. The van der Waals surface area contributed by atoms with Crippen LogP contribution in [0.3, 0.4) is 0 Å². The van der Waals surface area contributed by atoms with Gasteiger partial charge in [-0.05, 0) is 24.0 Å². The van der Waals surface area contributed by atoms with E-state index in [4.69, 9.17) is 4.74 Å². The van der Waals surface area contributed by atoms with E-state index in [0.29, 0.717) is 25.9 Å². The number of ether oxygens (including phenoxy) is 1. The number of nitrogens with zero attached hydrogens (tertiary/aromatic N) is 1. The van der Waals surface area contributed by atoms with Gasteiger partial charge in [0.25, 0.3) is 0 Å².